The Morgan fingerprint density at radius 2 is 2.29 bits per heavy atom. The lowest BCUT2D eigenvalue weighted by Gasteiger charge is -2.14. The number of hydroxylamine groups is 2. The van der Waals surface area contributed by atoms with E-state index in [0.29, 0.717) is 5.02 Å². The number of amides is 2. The van der Waals surface area contributed by atoms with Gasteiger partial charge in [0, 0.05) is 21.8 Å². The maximum absolute atomic E-state index is 11.8. The molecule has 0 spiro atoms. The van der Waals surface area contributed by atoms with Crippen LogP contribution < -0.4 is 5.32 Å². The van der Waals surface area contributed by atoms with Crippen molar-refractivity contribution in [3.05, 3.63) is 29.3 Å². The van der Waals surface area contributed by atoms with Crippen LogP contribution in [0, 0.1) is 0 Å². The molecule has 0 bridgehead atoms. The summed E-state index contributed by atoms with van der Waals surface area (Å²) in [6.45, 7) is -3.06. The Bertz CT molecular complexity index is 473. The summed E-state index contributed by atoms with van der Waals surface area (Å²) >= 11 is 5.66. The van der Waals surface area contributed by atoms with Crippen molar-refractivity contribution in [2.75, 3.05) is 19.3 Å². The molecule has 14 heavy (non-hydrogen) atoms. The van der Waals surface area contributed by atoms with Crippen LogP contribution in [0.1, 0.15) is 8.22 Å². The van der Waals surface area contributed by atoms with Crippen LogP contribution in [-0.2, 0) is 4.84 Å². The van der Waals surface area contributed by atoms with Crippen LogP contribution in [0.15, 0.2) is 24.3 Å². The second-order valence-electron chi connectivity index (χ2n) is 2.32. The highest BCUT2D eigenvalue weighted by Gasteiger charge is 2.06. The van der Waals surface area contributed by atoms with Gasteiger partial charge < -0.3 is 5.32 Å². The molecule has 0 unspecified atom stereocenters. The van der Waals surface area contributed by atoms with Crippen molar-refractivity contribution in [3.63, 3.8) is 0 Å². The molecule has 1 aromatic rings. The molecule has 1 rings (SSSR count). The third-order valence-electron chi connectivity index (χ3n) is 1.37. The first-order valence-corrected chi connectivity index (χ1v) is 3.93. The fourth-order valence-corrected chi connectivity index (χ4v) is 0.875. The number of carbonyl (C=O) groups excluding carboxylic acids is 1. The number of hydrogen-bond acceptors (Lipinski definition) is 2. The Morgan fingerprint density at radius 1 is 1.57 bits per heavy atom. The first kappa shape index (κ1) is 5.00. The molecule has 0 heterocycles. The molecule has 0 radical (unpaired) electrons. The standard InChI is InChI=1S/C9H11ClN2O2/c1-12(14-2)9(13)11-8-5-3-7(10)4-6-8/h3-6H,1-2H3,(H,11,13)/i1D3,2D3. The van der Waals surface area contributed by atoms with E-state index in [0.717, 1.165) is 0 Å². The van der Waals surface area contributed by atoms with E-state index in [2.05, 4.69) is 10.2 Å². The second-order valence-corrected chi connectivity index (χ2v) is 2.76. The van der Waals surface area contributed by atoms with Crippen molar-refractivity contribution in [1.29, 1.82) is 0 Å². The summed E-state index contributed by atoms with van der Waals surface area (Å²) in [5.74, 6) is 0. The molecule has 0 saturated heterocycles. The van der Waals surface area contributed by atoms with Gasteiger partial charge in [0.2, 0.25) is 0 Å². The second kappa shape index (κ2) is 4.83. The van der Waals surface area contributed by atoms with Gasteiger partial charge in [-0.05, 0) is 24.3 Å². The van der Waals surface area contributed by atoms with Crippen LogP contribution in [0.5, 0.6) is 0 Å². The van der Waals surface area contributed by atoms with Crippen molar-refractivity contribution in [3.8, 4) is 0 Å². The quantitative estimate of drug-likeness (QED) is 0.778. The Hall–Kier alpha value is -1.26. The minimum atomic E-state index is -3.06. The summed E-state index contributed by atoms with van der Waals surface area (Å²) in [7, 11) is -3.06. The van der Waals surface area contributed by atoms with Gasteiger partial charge in [0.1, 0.15) is 0 Å². The highest BCUT2D eigenvalue weighted by atomic mass is 35.5. The summed E-state index contributed by atoms with van der Waals surface area (Å²) in [4.78, 5) is 16.0. The molecular weight excluding hydrogens is 204 g/mol. The summed E-state index contributed by atoms with van der Waals surface area (Å²) in [5, 5.41) is 2.42. The average molecular weight is 221 g/mol. The first-order valence-electron chi connectivity index (χ1n) is 6.55. The van der Waals surface area contributed by atoms with Gasteiger partial charge in [0.15, 0.2) is 0 Å². The molecule has 5 heteroatoms. The Morgan fingerprint density at radius 3 is 2.86 bits per heavy atom. The molecule has 0 fully saturated rings. The molecule has 0 aliphatic heterocycles. The van der Waals surface area contributed by atoms with Gasteiger partial charge in [-0.15, -0.1) is 0 Å². The fourth-order valence-electron chi connectivity index (χ4n) is 0.749. The van der Waals surface area contributed by atoms with Gasteiger partial charge >= 0.3 is 6.03 Å². The van der Waals surface area contributed by atoms with Crippen molar-refractivity contribution in [2.45, 2.75) is 0 Å². The predicted octanol–water partition coefficient (Wildman–Crippen LogP) is 2.37. The number of anilines is 1. The van der Waals surface area contributed by atoms with E-state index in [1.165, 1.54) is 24.3 Å². The van der Waals surface area contributed by atoms with Crippen LogP contribution in [0.2, 0.25) is 5.02 Å². The van der Waals surface area contributed by atoms with Crippen LogP contribution in [0.25, 0.3) is 0 Å². The number of rotatable bonds is 2. The third kappa shape index (κ3) is 2.90. The van der Waals surface area contributed by atoms with Gasteiger partial charge in [0.05, 0.1) is 11.2 Å². The topological polar surface area (TPSA) is 41.6 Å². The summed E-state index contributed by atoms with van der Waals surface area (Å²) in [6.07, 6.45) is 0. The Labute approximate surface area is 95.8 Å². The van der Waals surface area contributed by atoms with Gasteiger partial charge in [-0.25, -0.2) is 9.86 Å². The number of halogens is 1. The molecule has 0 atom stereocenters. The monoisotopic (exact) mass is 220 g/mol. The molecule has 4 nitrogen and oxygen atoms in total. The smallest absolute Gasteiger partial charge is 0.306 e. The molecule has 0 saturated carbocycles. The third-order valence-corrected chi connectivity index (χ3v) is 1.62. The number of benzene rings is 1. The summed E-state index contributed by atoms with van der Waals surface area (Å²) in [6, 6.07) is 4.56. The van der Waals surface area contributed by atoms with E-state index in [1.807, 2.05) is 0 Å². The minimum absolute atomic E-state index is 0.200. The molecule has 76 valence electrons. The number of hydrogen-bond donors (Lipinski definition) is 1. The van der Waals surface area contributed by atoms with E-state index in [9.17, 15) is 4.79 Å². The number of nitrogens with one attached hydrogen (secondary N) is 1. The van der Waals surface area contributed by atoms with E-state index >= 15 is 0 Å². The summed E-state index contributed by atoms with van der Waals surface area (Å²) < 4.78 is 41.9. The maximum atomic E-state index is 11.8. The fraction of sp³-hybridized carbons (Fsp3) is 0.222. The van der Waals surface area contributed by atoms with Gasteiger partial charge in [0.25, 0.3) is 0 Å². The lowest BCUT2D eigenvalue weighted by atomic mass is 10.3. The van der Waals surface area contributed by atoms with E-state index in [-0.39, 0.29) is 10.8 Å². The molecule has 0 aliphatic rings. The largest absolute Gasteiger partial charge is 0.345 e. The molecule has 0 aliphatic carbocycles. The predicted molar refractivity (Wildman–Crippen MR) is 55.2 cm³/mol. The number of nitrogens with zero attached hydrogens (tertiary/aromatic N) is 1. The Balaban J connectivity index is 2.86. The summed E-state index contributed by atoms with van der Waals surface area (Å²) in [5.41, 5.74) is 0.239. The van der Waals surface area contributed by atoms with Crippen molar-refractivity contribution in [2.24, 2.45) is 0 Å². The van der Waals surface area contributed by atoms with Crippen LogP contribution in [-0.4, -0.2) is 25.1 Å². The van der Waals surface area contributed by atoms with E-state index in [4.69, 9.17) is 19.8 Å². The zero-order chi connectivity index (χ0) is 15.6. The van der Waals surface area contributed by atoms with E-state index < -0.39 is 20.0 Å². The normalized spacial score (nSPS) is 17.8. The number of carbonyl (C=O) groups is 1. The molecular formula is C9H11ClN2O2. The van der Waals surface area contributed by atoms with Crippen LogP contribution >= 0.6 is 11.6 Å². The van der Waals surface area contributed by atoms with Gasteiger partial charge in [-0.1, -0.05) is 11.6 Å². The Kier molecular flexibility index (Phi) is 1.73. The maximum Gasteiger partial charge on any atom is 0.345 e. The lowest BCUT2D eigenvalue weighted by molar-refractivity contribution is -0.0598. The van der Waals surface area contributed by atoms with Crippen LogP contribution in [0.3, 0.4) is 0 Å². The van der Waals surface area contributed by atoms with Gasteiger partial charge in [-0.2, -0.15) is 0 Å². The zero-order valence-corrected chi connectivity index (χ0v) is 7.71. The SMILES string of the molecule is [2H]C([2H])([2H])ON(C(=O)Nc1ccc(Cl)cc1)C([2H])([2H])[2H]. The lowest BCUT2D eigenvalue weighted by Crippen LogP contribution is -2.30. The highest BCUT2D eigenvalue weighted by molar-refractivity contribution is 6.30. The van der Waals surface area contributed by atoms with Crippen molar-refractivity contribution < 1.29 is 17.9 Å². The molecule has 2 amide bonds. The molecule has 1 N–H and O–H groups in total. The zero-order valence-electron chi connectivity index (χ0n) is 13.0. The molecule has 0 aromatic heterocycles. The van der Waals surface area contributed by atoms with Crippen molar-refractivity contribution >= 4 is 23.3 Å². The molecule has 1 aromatic carbocycles. The van der Waals surface area contributed by atoms with Gasteiger partial charge in [-0.3, -0.25) is 4.84 Å². The average Bonchev–Trinajstić information content (AvgIpc) is 2.26. The first-order chi connectivity index (χ1) is 8.99. The van der Waals surface area contributed by atoms with Crippen molar-refractivity contribution in [1.82, 2.24) is 5.06 Å². The van der Waals surface area contributed by atoms with E-state index in [1.54, 1.807) is 0 Å². The number of urea groups is 1. The minimum Gasteiger partial charge on any atom is -0.306 e. The van der Waals surface area contributed by atoms with Crippen LogP contribution in [0.4, 0.5) is 10.5 Å². The highest BCUT2D eigenvalue weighted by Crippen LogP contribution is 2.13.